The highest BCUT2D eigenvalue weighted by Crippen LogP contribution is 2.38. The van der Waals surface area contributed by atoms with E-state index < -0.39 is 17.2 Å². The van der Waals surface area contributed by atoms with Crippen LogP contribution in [0.2, 0.25) is 0 Å². The number of hydrogen-bond donors (Lipinski definition) is 3. The van der Waals surface area contributed by atoms with Crippen LogP contribution in [0.3, 0.4) is 0 Å². The first-order valence-corrected chi connectivity index (χ1v) is 9.69. The fraction of sp³-hybridized carbons (Fsp3) is 0.176. The number of nitrogens with zero attached hydrogens (tertiary/aromatic N) is 2. The lowest BCUT2D eigenvalue weighted by Gasteiger charge is -2.14. The summed E-state index contributed by atoms with van der Waals surface area (Å²) in [5.41, 5.74) is 0.768. The van der Waals surface area contributed by atoms with Gasteiger partial charge in [0.15, 0.2) is 4.34 Å². The number of hydrogen-bond acceptors (Lipinski definition) is 8. The first kappa shape index (κ1) is 18.9. The molecule has 0 fully saturated rings. The molecule has 3 N–H and O–H groups in total. The van der Waals surface area contributed by atoms with Gasteiger partial charge in [-0.15, -0.1) is 10.2 Å². The summed E-state index contributed by atoms with van der Waals surface area (Å²) in [5, 5.41) is 16.0. The van der Waals surface area contributed by atoms with E-state index >= 15 is 0 Å². The number of furan rings is 1. The summed E-state index contributed by atoms with van der Waals surface area (Å²) in [6.45, 7) is 0.492. The molecule has 3 rings (SSSR count). The van der Waals surface area contributed by atoms with Gasteiger partial charge in [0.25, 0.3) is 0 Å². The molecule has 0 radical (unpaired) electrons. The van der Waals surface area contributed by atoms with E-state index in [0.717, 1.165) is 11.3 Å². The predicted molar refractivity (Wildman–Crippen MR) is 104 cm³/mol. The van der Waals surface area contributed by atoms with Crippen LogP contribution >= 0.6 is 23.1 Å². The van der Waals surface area contributed by atoms with Crippen molar-refractivity contribution in [1.29, 1.82) is 0 Å². The second-order valence-electron chi connectivity index (χ2n) is 5.28. The van der Waals surface area contributed by atoms with Crippen molar-refractivity contribution in [2.75, 3.05) is 12.4 Å². The Hall–Kier alpha value is -2.85. The smallest absolute Gasteiger partial charge is 0.321 e. The zero-order valence-corrected chi connectivity index (χ0v) is 16.0. The number of amides is 3. The third-order valence-electron chi connectivity index (χ3n) is 3.42. The maximum Gasteiger partial charge on any atom is 0.321 e. The van der Waals surface area contributed by atoms with Gasteiger partial charge in [0.05, 0.1) is 12.8 Å². The third kappa shape index (κ3) is 5.31. The van der Waals surface area contributed by atoms with E-state index in [1.165, 1.54) is 30.1 Å². The van der Waals surface area contributed by atoms with Gasteiger partial charge in [-0.3, -0.25) is 10.1 Å². The van der Waals surface area contributed by atoms with E-state index in [1.54, 1.807) is 6.26 Å². The van der Waals surface area contributed by atoms with Crippen molar-refractivity contribution >= 4 is 40.2 Å². The fourth-order valence-electron chi connectivity index (χ4n) is 2.15. The molecule has 27 heavy (non-hydrogen) atoms. The highest BCUT2D eigenvalue weighted by Gasteiger charge is 2.25. The molecule has 0 bridgehead atoms. The first-order valence-electron chi connectivity index (χ1n) is 7.99. The Labute approximate surface area is 163 Å². The number of aromatic nitrogens is 2. The molecule has 2 heterocycles. The SMILES string of the molecule is CNC(=O)NC(=O)[C@@H](Sc1nnc(NCc2ccco2)s1)c1ccccc1. The van der Waals surface area contributed by atoms with E-state index in [-0.39, 0.29) is 0 Å². The largest absolute Gasteiger partial charge is 0.467 e. The molecule has 1 atom stereocenters. The molecule has 0 unspecified atom stereocenters. The highest BCUT2D eigenvalue weighted by atomic mass is 32.2. The van der Waals surface area contributed by atoms with Gasteiger partial charge in [-0.2, -0.15) is 0 Å². The van der Waals surface area contributed by atoms with Crippen molar-refractivity contribution in [1.82, 2.24) is 20.8 Å². The molecule has 140 valence electrons. The topological polar surface area (TPSA) is 109 Å². The van der Waals surface area contributed by atoms with Crippen LogP contribution in [-0.4, -0.2) is 29.2 Å². The first-order chi connectivity index (χ1) is 13.2. The number of urea groups is 1. The van der Waals surface area contributed by atoms with Gasteiger partial charge in [-0.1, -0.05) is 53.4 Å². The molecule has 3 aromatic rings. The Morgan fingerprint density at radius 2 is 2.00 bits per heavy atom. The van der Waals surface area contributed by atoms with Crippen molar-refractivity contribution in [3.63, 3.8) is 0 Å². The molecule has 0 spiro atoms. The lowest BCUT2D eigenvalue weighted by atomic mass is 10.1. The van der Waals surface area contributed by atoms with Crippen LogP contribution in [-0.2, 0) is 11.3 Å². The van der Waals surface area contributed by atoms with Crippen LogP contribution in [0.4, 0.5) is 9.93 Å². The van der Waals surface area contributed by atoms with Crippen molar-refractivity contribution in [2.24, 2.45) is 0 Å². The average Bonchev–Trinajstić information content (AvgIpc) is 3.36. The predicted octanol–water partition coefficient (Wildman–Crippen LogP) is 3.03. The van der Waals surface area contributed by atoms with E-state index in [4.69, 9.17) is 4.42 Å². The van der Waals surface area contributed by atoms with E-state index in [1.807, 2.05) is 42.5 Å². The van der Waals surface area contributed by atoms with Gasteiger partial charge >= 0.3 is 6.03 Å². The average molecular weight is 403 g/mol. The van der Waals surface area contributed by atoms with Gasteiger partial charge < -0.3 is 15.1 Å². The number of imide groups is 1. The fourth-order valence-corrected chi connectivity index (χ4v) is 4.09. The number of thioether (sulfide) groups is 1. The Kier molecular flexibility index (Phi) is 6.44. The summed E-state index contributed by atoms with van der Waals surface area (Å²) >= 11 is 2.56. The molecule has 2 aromatic heterocycles. The summed E-state index contributed by atoms with van der Waals surface area (Å²) in [6, 6.07) is 12.3. The van der Waals surface area contributed by atoms with Crippen molar-refractivity contribution in [2.45, 2.75) is 16.1 Å². The normalized spacial score (nSPS) is 11.6. The number of carbonyl (C=O) groups is 2. The van der Waals surface area contributed by atoms with E-state index in [9.17, 15) is 9.59 Å². The quantitative estimate of drug-likeness (QED) is 0.520. The van der Waals surface area contributed by atoms with Crippen molar-refractivity contribution < 1.29 is 14.0 Å². The number of nitrogens with one attached hydrogen (secondary N) is 3. The lowest BCUT2D eigenvalue weighted by molar-refractivity contribution is -0.119. The van der Waals surface area contributed by atoms with E-state index in [2.05, 4.69) is 26.1 Å². The maximum absolute atomic E-state index is 12.5. The van der Waals surface area contributed by atoms with Gasteiger partial charge in [-0.25, -0.2) is 4.79 Å². The number of benzene rings is 1. The summed E-state index contributed by atoms with van der Waals surface area (Å²) < 4.78 is 5.87. The number of rotatable bonds is 7. The lowest BCUT2D eigenvalue weighted by Crippen LogP contribution is -2.39. The third-order valence-corrected chi connectivity index (χ3v) is 5.64. The molecule has 0 saturated carbocycles. The van der Waals surface area contributed by atoms with Gasteiger partial charge in [0, 0.05) is 7.05 Å². The van der Waals surface area contributed by atoms with Crippen molar-refractivity contribution in [3.05, 3.63) is 60.1 Å². The molecule has 1 aromatic carbocycles. The molecule has 0 aliphatic carbocycles. The standard InChI is InChI=1S/C17H17N5O3S2/c1-18-15(24)20-14(23)13(11-6-3-2-4-7-11)26-17-22-21-16(27-17)19-10-12-8-5-9-25-12/h2-9,13H,10H2,1H3,(H,19,21)(H2,18,20,23,24)/t13-/m0/s1. The molecule has 3 amide bonds. The van der Waals surface area contributed by atoms with E-state index in [0.29, 0.717) is 16.0 Å². The minimum absolute atomic E-state index is 0.425. The highest BCUT2D eigenvalue weighted by molar-refractivity contribution is 8.01. The minimum Gasteiger partial charge on any atom is -0.467 e. The minimum atomic E-state index is -0.630. The Morgan fingerprint density at radius 1 is 1.19 bits per heavy atom. The number of carbonyl (C=O) groups excluding carboxylic acids is 2. The van der Waals surface area contributed by atoms with Crippen LogP contribution in [0.5, 0.6) is 0 Å². The molecule has 0 aliphatic rings. The number of anilines is 1. The van der Waals surface area contributed by atoms with Crippen LogP contribution in [0.1, 0.15) is 16.6 Å². The molecular weight excluding hydrogens is 386 g/mol. The van der Waals surface area contributed by atoms with Gasteiger partial charge in [0.1, 0.15) is 11.0 Å². The molecule has 10 heteroatoms. The Bertz CT molecular complexity index is 883. The van der Waals surface area contributed by atoms with Crippen LogP contribution in [0.15, 0.2) is 57.5 Å². The summed E-state index contributed by atoms with van der Waals surface area (Å²) in [4.78, 5) is 24.1. The molecule has 0 aliphatic heterocycles. The Balaban J connectivity index is 1.70. The Morgan fingerprint density at radius 3 is 2.70 bits per heavy atom. The summed E-state index contributed by atoms with van der Waals surface area (Å²) in [7, 11) is 1.45. The van der Waals surface area contributed by atoms with Crippen LogP contribution in [0.25, 0.3) is 0 Å². The van der Waals surface area contributed by atoms with Crippen molar-refractivity contribution in [3.8, 4) is 0 Å². The van der Waals surface area contributed by atoms with Crippen LogP contribution in [0, 0.1) is 0 Å². The second-order valence-corrected chi connectivity index (χ2v) is 7.61. The van der Waals surface area contributed by atoms with Crippen LogP contribution < -0.4 is 16.0 Å². The molecule has 8 nitrogen and oxygen atoms in total. The molecular formula is C17H17N5O3S2. The zero-order valence-electron chi connectivity index (χ0n) is 14.3. The second kappa shape index (κ2) is 9.19. The maximum atomic E-state index is 12.5. The summed E-state index contributed by atoms with van der Waals surface area (Å²) in [5.74, 6) is 0.359. The monoisotopic (exact) mass is 403 g/mol. The summed E-state index contributed by atoms with van der Waals surface area (Å²) in [6.07, 6.45) is 1.61. The van der Waals surface area contributed by atoms with Gasteiger partial charge in [0.2, 0.25) is 11.0 Å². The zero-order chi connectivity index (χ0) is 19.1. The molecule has 0 saturated heterocycles. The van der Waals surface area contributed by atoms with Gasteiger partial charge in [-0.05, 0) is 17.7 Å².